The highest BCUT2D eigenvalue weighted by Crippen LogP contribution is 2.39. The van der Waals surface area contributed by atoms with Crippen LogP contribution in [-0.2, 0) is 12.8 Å². The SMILES string of the molecule is COc1cccc(C(=O)Nc2sc3c(c2C#N)CC(C)CC3)c1. The number of hydrogen-bond donors (Lipinski definition) is 1. The second-order valence-electron chi connectivity index (χ2n) is 5.85. The van der Waals surface area contributed by atoms with Crippen molar-refractivity contribution in [2.45, 2.75) is 26.2 Å². The van der Waals surface area contributed by atoms with Crippen molar-refractivity contribution < 1.29 is 9.53 Å². The van der Waals surface area contributed by atoms with Crippen LogP contribution < -0.4 is 10.1 Å². The third kappa shape index (κ3) is 3.08. The monoisotopic (exact) mass is 326 g/mol. The van der Waals surface area contributed by atoms with E-state index in [1.54, 1.807) is 31.4 Å². The van der Waals surface area contributed by atoms with E-state index < -0.39 is 0 Å². The van der Waals surface area contributed by atoms with Crippen LogP contribution in [0.3, 0.4) is 0 Å². The van der Waals surface area contributed by atoms with Gasteiger partial charge < -0.3 is 10.1 Å². The standard InChI is InChI=1S/C18H18N2O2S/c1-11-6-7-16-14(8-11)15(10-19)18(23-16)20-17(21)12-4-3-5-13(9-12)22-2/h3-5,9,11H,6-8H2,1-2H3,(H,20,21). The topological polar surface area (TPSA) is 62.1 Å². The summed E-state index contributed by atoms with van der Waals surface area (Å²) in [5, 5.41) is 13.1. The summed E-state index contributed by atoms with van der Waals surface area (Å²) in [7, 11) is 1.57. The number of benzene rings is 1. The third-order valence-corrected chi connectivity index (χ3v) is 5.39. The highest BCUT2D eigenvalue weighted by atomic mass is 32.1. The van der Waals surface area contributed by atoms with E-state index in [0.717, 1.165) is 24.8 Å². The molecule has 1 atom stereocenters. The van der Waals surface area contributed by atoms with Gasteiger partial charge in [0.05, 0.1) is 12.7 Å². The van der Waals surface area contributed by atoms with Gasteiger partial charge >= 0.3 is 0 Å². The molecule has 0 saturated heterocycles. The Labute approximate surface area is 139 Å². The number of thiophene rings is 1. The maximum atomic E-state index is 12.5. The summed E-state index contributed by atoms with van der Waals surface area (Å²) in [6.45, 7) is 2.20. The molecular formula is C18H18N2O2S. The van der Waals surface area contributed by atoms with Gasteiger partial charge in [0.25, 0.3) is 5.91 Å². The van der Waals surface area contributed by atoms with Gasteiger partial charge in [0.1, 0.15) is 16.8 Å². The summed E-state index contributed by atoms with van der Waals surface area (Å²) >= 11 is 1.54. The van der Waals surface area contributed by atoms with E-state index in [1.165, 1.54) is 16.2 Å². The number of rotatable bonds is 3. The first-order valence-electron chi connectivity index (χ1n) is 7.62. The number of ether oxygens (including phenoxy) is 1. The molecular weight excluding hydrogens is 308 g/mol. The largest absolute Gasteiger partial charge is 0.497 e. The molecule has 1 N–H and O–H groups in total. The first-order chi connectivity index (χ1) is 11.1. The Morgan fingerprint density at radius 2 is 2.30 bits per heavy atom. The Bertz CT molecular complexity index is 789. The van der Waals surface area contributed by atoms with Crippen LogP contribution in [0, 0.1) is 17.2 Å². The van der Waals surface area contributed by atoms with Crippen molar-refractivity contribution in [3.8, 4) is 11.8 Å². The van der Waals surface area contributed by atoms with E-state index in [-0.39, 0.29) is 5.91 Å². The summed E-state index contributed by atoms with van der Waals surface area (Å²) in [6, 6.07) is 9.27. The number of hydrogen-bond acceptors (Lipinski definition) is 4. The number of nitrogens with one attached hydrogen (secondary N) is 1. The van der Waals surface area contributed by atoms with Gasteiger partial charge in [-0.15, -0.1) is 11.3 Å². The number of nitrogens with zero attached hydrogens (tertiary/aromatic N) is 1. The molecule has 118 valence electrons. The molecule has 1 aromatic heterocycles. The Balaban J connectivity index is 1.88. The minimum atomic E-state index is -0.216. The average molecular weight is 326 g/mol. The van der Waals surface area contributed by atoms with Gasteiger partial charge in [0.2, 0.25) is 0 Å². The molecule has 0 fully saturated rings. The molecule has 4 nitrogen and oxygen atoms in total. The number of amides is 1. The number of carbonyl (C=O) groups excluding carboxylic acids is 1. The Morgan fingerprint density at radius 1 is 1.48 bits per heavy atom. The first kappa shape index (κ1) is 15.6. The molecule has 1 aromatic carbocycles. The van der Waals surface area contributed by atoms with Crippen molar-refractivity contribution in [1.82, 2.24) is 0 Å². The summed E-state index contributed by atoms with van der Waals surface area (Å²) in [5.41, 5.74) is 2.28. The molecule has 0 spiro atoms. The summed E-state index contributed by atoms with van der Waals surface area (Å²) < 4.78 is 5.15. The molecule has 0 saturated carbocycles. The minimum Gasteiger partial charge on any atom is -0.497 e. The number of fused-ring (bicyclic) bond motifs is 1. The molecule has 1 unspecified atom stereocenters. The van der Waals surface area contributed by atoms with Crippen LogP contribution in [0.25, 0.3) is 0 Å². The van der Waals surface area contributed by atoms with Crippen molar-refractivity contribution in [2.75, 3.05) is 12.4 Å². The molecule has 3 rings (SSSR count). The maximum absolute atomic E-state index is 12.5. The van der Waals surface area contributed by atoms with Crippen LogP contribution in [0.15, 0.2) is 24.3 Å². The highest BCUT2D eigenvalue weighted by molar-refractivity contribution is 7.16. The first-order valence-corrected chi connectivity index (χ1v) is 8.44. The van der Waals surface area contributed by atoms with Crippen LogP contribution in [0.4, 0.5) is 5.00 Å². The number of aryl methyl sites for hydroxylation is 1. The van der Waals surface area contributed by atoms with Crippen molar-refractivity contribution in [3.63, 3.8) is 0 Å². The summed E-state index contributed by atoms with van der Waals surface area (Å²) in [4.78, 5) is 13.7. The average Bonchev–Trinajstić information content (AvgIpc) is 2.91. The lowest BCUT2D eigenvalue weighted by molar-refractivity contribution is 0.102. The van der Waals surface area contributed by atoms with Gasteiger partial charge in [0.15, 0.2) is 0 Å². The van der Waals surface area contributed by atoms with E-state index in [1.807, 2.05) is 0 Å². The van der Waals surface area contributed by atoms with E-state index in [4.69, 9.17) is 4.74 Å². The van der Waals surface area contributed by atoms with Gasteiger partial charge in [0, 0.05) is 10.4 Å². The predicted octanol–water partition coefficient (Wildman–Crippen LogP) is 4.01. The second kappa shape index (κ2) is 6.43. The third-order valence-electron chi connectivity index (χ3n) is 4.18. The Kier molecular flexibility index (Phi) is 4.35. The quantitative estimate of drug-likeness (QED) is 0.927. The zero-order valence-corrected chi connectivity index (χ0v) is 14.0. The van der Waals surface area contributed by atoms with Crippen LogP contribution >= 0.6 is 11.3 Å². The highest BCUT2D eigenvalue weighted by Gasteiger charge is 2.25. The second-order valence-corrected chi connectivity index (χ2v) is 6.96. The minimum absolute atomic E-state index is 0.216. The van der Waals surface area contributed by atoms with Crippen molar-refractivity contribution in [2.24, 2.45) is 5.92 Å². The number of methoxy groups -OCH3 is 1. The number of anilines is 1. The molecule has 1 aliphatic rings. The van der Waals surface area contributed by atoms with Crippen LogP contribution in [-0.4, -0.2) is 13.0 Å². The normalized spacial score (nSPS) is 16.3. The summed E-state index contributed by atoms with van der Waals surface area (Å²) in [6.07, 6.45) is 3.05. The zero-order chi connectivity index (χ0) is 16.4. The predicted molar refractivity (Wildman–Crippen MR) is 91.2 cm³/mol. The van der Waals surface area contributed by atoms with Gasteiger partial charge in [-0.05, 0) is 48.9 Å². The fourth-order valence-corrected chi connectivity index (χ4v) is 4.09. The molecule has 1 aliphatic carbocycles. The van der Waals surface area contributed by atoms with Crippen LogP contribution in [0.5, 0.6) is 5.75 Å². The molecule has 5 heteroatoms. The molecule has 1 heterocycles. The van der Waals surface area contributed by atoms with E-state index in [0.29, 0.717) is 27.8 Å². The van der Waals surface area contributed by atoms with Crippen LogP contribution in [0.2, 0.25) is 0 Å². The smallest absolute Gasteiger partial charge is 0.256 e. The zero-order valence-electron chi connectivity index (χ0n) is 13.2. The fourth-order valence-electron chi connectivity index (χ4n) is 2.90. The fraction of sp³-hybridized carbons (Fsp3) is 0.333. The van der Waals surface area contributed by atoms with E-state index in [9.17, 15) is 10.1 Å². The molecule has 0 aliphatic heterocycles. The lowest BCUT2D eigenvalue weighted by atomic mass is 9.88. The van der Waals surface area contributed by atoms with E-state index >= 15 is 0 Å². The molecule has 2 aromatic rings. The van der Waals surface area contributed by atoms with Crippen LogP contribution in [0.1, 0.15) is 39.7 Å². The van der Waals surface area contributed by atoms with Gasteiger partial charge in [-0.1, -0.05) is 13.0 Å². The van der Waals surface area contributed by atoms with Gasteiger partial charge in [-0.3, -0.25) is 4.79 Å². The Morgan fingerprint density at radius 3 is 3.04 bits per heavy atom. The van der Waals surface area contributed by atoms with Crippen molar-refractivity contribution >= 4 is 22.2 Å². The van der Waals surface area contributed by atoms with Gasteiger partial charge in [-0.2, -0.15) is 5.26 Å². The maximum Gasteiger partial charge on any atom is 0.256 e. The lowest BCUT2D eigenvalue weighted by Crippen LogP contribution is -2.12. The van der Waals surface area contributed by atoms with Gasteiger partial charge in [-0.25, -0.2) is 0 Å². The van der Waals surface area contributed by atoms with E-state index in [2.05, 4.69) is 18.3 Å². The lowest BCUT2D eigenvalue weighted by Gasteiger charge is -2.17. The molecule has 1 amide bonds. The number of carbonyl (C=O) groups is 1. The molecule has 0 radical (unpaired) electrons. The van der Waals surface area contributed by atoms with Crippen molar-refractivity contribution in [3.05, 3.63) is 45.8 Å². The summed E-state index contributed by atoms with van der Waals surface area (Å²) in [5.74, 6) is 1.01. The molecule has 23 heavy (non-hydrogen) atoms. The number of nitriles is 1. The molecule has 0 bridgehead atoms. The Hall–Kier alpha value is -2.32. The van der Waals surface area contributed by atoms with Crippen molar-refractivity contribution in [1.29, 1.82) is 5.26 Å².